The minimum atomic E-state index is -4.95. The van der Waals surface area contributed by atoms with Crippen molar-refractivity contribution in [1.82, 2.24) is 0 Å². The molecule has 0 spiro atoms. The summed E-state index contributed by atoms with van der Waals surface area (Å²) in [5.41, 5.74) is 0. The average molecular weight is 162 g/mol. The van der Waals surface area contributed by atoms with Crippen LogP contribution in [0.15, 0.2) is 0 Å². The van der Waals surface area contributed by atoms with E-state index in [0.29, 0.717) is 6.42 Å². The Morgan fingerprint density at radius 2 is 2.20 bits per heavy atom. The molecule has 0 aromatic rings. The SMILES string of the molecule is CCCCOP(=O)([O-])F.[Li+]. The predicted molar refractivity (Wildman–Crippen MR) is 29.6 cm³/mol. The number of hydrogen-bond acceptors (Lipinski definition) is 3. The summed E-state index contributed by atoms with van der Waals surface area (Å²) >= 11 is 0. The Kier molecular flexibility index (Phi) is 8.49. The zero-order valence-electron chi connectivity index (χ0n) is 6.17. The Bertz CT molecular complexity index is 115. The van der Waals surface area contributed by atoms with E-state index in [-0.39, 0.29) is 25.5 Å². The second-order valence-corrected chi connectivity index (χ2v) is 2.74. The minimum Gasteiger partial charge on any atom is -0.753 e. The molecule has 0 aliphatic carbocycles. The monoisotopic (exact) mass is 162 g/mol. The van der Waals surface area contributed by atoms with Crippen LogP contribution in [0.5, 0.6) is 0 Å². The standard InChI is InChI=1S/C4H10FO3P.Li/c1-2-3-4-8-9(5,6)7;/h2-4H2,1H3,(H,6,7);/q;+1/p-1. The van der Waals surface area contributed by atoms with Crippen molar-refractivity contribution in [3.8, 4) is 0 Å². The molecule has 0 saturated carbocycles. The molecular formula is C4H9FLiO3P. The fraction of sp³-hybridized carbons (Fsp3) is 1.00. The van der Waals surface area contributed by atoms with Crippen LogP contribution in [-0.4, -0.2) is 6.61 Å². The molecule has 0 radical (unpaired) electrons. The fourth-order valence-electron chi connectivity index (χ4n) is 0.318. The number of rotatable bonds is 4. The van der Waals surface area contributed by atoms with Crippen molar-refractivity contribution < 1.29 is 37.0 Å². The molecule has 10 heavy (non-hydrogen) atoms. The van der Waals surface area contributed by atoms with E-state index in [9.17, 15) is 13.7 Å². The van der Waals surface area contributed by atoms with Crippen molar-refractivity contribution in [3.63, 3.8) is 0 Å². The van der Waals surface area contributed by atoms with Crippen molar-refractivity contribution in [2.45, 2.75) is 19.8 Å². The summed E-state index contributed by atoms with van der Waals surface area (Å²) in [5.74, 6) is 0. The summed E-state index contributed by atoms with van der Waals surface area (Å²) in [7, 11) is -4.95. The molecule has 6 heteroatoms. The number of halogens is 1. The van der Waals surface area contributed by atoms with Gasteiger partial charge in [0, 0.05) is 0 Å². The van der Waals surface area contributed by atoms with Crippen molar-refractivity contribution in [3.05, 3.63) is 0 Å². The zero-order valence-corrected chi connectivity index (χ0v) is 7.07. The predicted octanol–water partition coefficient (Wildman–Crippen LogP) is -1.75. The van der Waals surface area contributed by atoms with Crippen LogP contribution in [0.4, 0.5) is 4.20 Å². The molecule has 0 saturated heterocycles. The van der Waals surface area contributed by atoms with E-state index in [4.69, 9.17) is 0 Å². The van der Waals surface area contributed by atoms with E-state index in [1.807, 2.05) is 6.92 Å². The van der Waals surface area contributed by atoms with Gasteiger partial charge in [-0.1, -0.05) is 13.3 Å². The largest absolute Gasteiger partial charge is 1.00 e. The molecular weight excluding hydrogens is 153 g/mol. The topological polar surface area (TPSA) is 49.4 Å². The quantitative estimate of drug-likeness (QED) is 0.279. The van der Waals surface area contributed by atoms with Crippen molar-refractivity contribution in [1.29, 1.82) is 0 Å². The number of unbranched alkanes of at least 4 members (excludes halogenated alkanes) is 1. The Labute approximate surface area is 71.8 Å². The third-order valence-electron chi connectivity index (χ3n) is 0.743. The van der Waals surface area contributed by atoms with Gasteiger partial charge in [0.05, 0.1) is 6.61 Å². The third-order valence-corrected chi connectivity index (χ3v) is 1.23. The van der Waals surface area contributed by atoms with Gasteiger partial charge in [0.2, 0.25) is 0 Å². The van der Waals surface area contributed by atoms with Gasteiger partial charge >= 0.3 is 26.8 Å². The van der Waals surface area contributed by atoms with Gasteiger partial charge in [-0.15, -0.1) is 0 Å². The molecule has 1 unspecified atom stereocenters. The molecule has 0 bridgehead atoms. The van der Waals surface area contributed by atoms with Crippen molar-refractivity contribution >= 4 is 7.91 Å². The summed E-state index contributed by atoms with van der Waals surface area (Å²) in [5, 5.41) is 0. The maximum atomic E-state index is 11.5. The normalized spacial score (nSPS) is 15.5. The molecule has 0 rings (SSSR count). The van der Waals surface area contributed by atoms with Crippen LogP contribution in [-0.2, 0) is 9.09 Å². The van der Waals surface area contributed by atoms with E-state index in [1.165, 1.54) is 0 Å². The van der Waals surface area contributed by atoms with Gasteiger partial charge in [0.25, 0.3) is 0 Å². The second-order valence-electron chi connectivity index (χ2n) is 1.62. The van der Waals surface area contributed by atoms with Gasteiger partial charge in [0.15, 0.2) is 0 Å². The average Bonchev–Trinajstić information content (AvgIpc) is 1.63. The maximum Gasteiger partial charge on any atom is 1.00 e. The molecule has 0 amide bonds. The summed E-state index contributed by atoms with van der Waals surface area (Å²) in [6, 6.07) is 0. The molecule has 3 nitrogen and oxygen atoms in total. The molecule has 0 aliphatic heterocycles. The van der Waals surface area contributed by atoms with Gasteiger partial charge in [0.1, 0.15) is 0 Å². The molecule has 0 fully saturated rings. The van der Waals surface area contributed by atoms with Crippen LogP contribution >= 0.6 is 7.91 Å². The first-order valence-corrected chi connectivity index (χ1v) is 4.15. The Morgan fingerprint density at radius 1 is 1.70 bits per heavy atom. The van der Waals surface area contributed by atoms with E-state index < -0.39 is 7.91 Å². The van der Waals surface area contributed by atoms with Crippen LogP contribution in [0.3, 0.4) is 0 Å². The fourth-order valence-corrected chi connectivity index (χ4v) is 0.665. The number of hydrogen-bond donors (Lipinski definition) is 0. The Balaban J connectivity index is 0. The molecule has 0 aromatic carbocycles. The molecule has 0 aromatic heterocycles. The summed E-state index contributed by atoms with van der Waals surface area (Å²) in [4.78, 5) is 9.64. The van der Waals surface area contributed by atoms with Crippen molar-refractivity contribution in [2.24, 2.45) is 0 Å². The van der Waals surface area contributed by atoms with E-state index in [1.54, 1.807) is 0 Å². The van der Waals surface area contributed by atoms with E-state index >= 15 is 0 Å². The first-order valence-electron chi connectivity index (χ1n) is 2.71. The van der Waals surface area contributed by atoms with Gasteiger partial charge < -0.3 is 9.42 Å². The summed E-state index contributed by atoms with van der Waals surface area (Å²) in [6.45, 7) is 1.81. The van der Waals surface area contributed by atoms with Gasteiger partial charge in [-0.25, -0.2) is 0 Å². The first kappa shape index (κ1) is 13.3. The maximum absolute atomic E-state index is 11.5. The van der Waals surface area contributed by atoms with Gasteiger partial charge in [-0.05, 0) is 6.42 Å². The van der Waals surface area contributed by atoms with Crippen LogP contribution < -0.4 is 23.8 Å². The molecule has 0 aliphatic rings. The Hall–Kier alpha value is 0.677. The summed E-state index contributed by atoms with van der Waals surface area (Å²) < 4.78 is 24.9. The molecule has 56 valence electrons. The third kappa shape index (κ3) is 11.5. The molecule has 1 atom stereocenters. The molecule has 0 N–H and O–H groups in total. The smallest absolute Gasteiger partial charge is 0.753 e. The van der Waals surface area contributed by atoms with Crippen LogP contribution in [0, 0.1) is 0 Å². The van der Waals surface area contributed by atoms with Crippen LogP contribution in [0.1, 0.15) is 19.8 Å². The zero-order chi connectivity index (χ0) is 7.33. The van der Waals surface area contributed by atoms with Crippen LogP contribution in [0.2, 0.25) is 0 Å². The second kappa shape index (κ2) is 6.39. The Morgan fingerprint density at radius 3 is 2.50 bits per heavy atom. The van der Waals surface area contributed by atoms with Crippen molar-refractivity contribution in [2.75, 3.05) is 6.61 Å². The minimum absolute atomic E-state index is 0. The molecule has 0 heterocycles. The van der Waals surface area contributed by atoms with Crippen LogP contribution in [0.25, 0.3) is 0 Å². The van der Waals surface area contributed by atoms with Gasteiger partial charge in [-0.3, -0.25) is 4.57 Å². The first-order chi connectivity index (χ1) is 4.06. The summed E-state index contributed by atoms with van der Waals surface area (Å²) in [6.07, 6.45) is 1.36. The van der Waals surface area contributed by atoms with Gasteiger partial charge in [-0.2, -0.15) is 4.20 Å². The van der Waals surface area contributed by atoms with E-state index in [0.717, 1.165) is 6.42 Å². The van der Waals surface area contributed by atoms with E-state index in [2.05, 4.69) is 4.52 Å².